The van der Waals surface area contributed by atoms with Gasteiger partial charge in [-0.15, -0.1) is 0 Å². The molecule has 0 aromatic heterocycles. The molecule has 34 heavy (non-hydrogen) atoms. The molecule has 1 saturated heterocycles. The summed E-state index contributed by atoms with van der Waals surface area (Å²) in [6.45, 7) is 6.70. The lowest BCUT2D eigenvalue weighted by Gasteiger charge is -2.41. The molecule has 186 valence electrons. The normalized spacial score (nSPS) is 21.3. The molecule has 3 aliphatic rings. The van der Waals surface area contributed by atoms with Crippen molar-refractivity contribution < 1.29 is 19.1 Å². The minimum Gasteiger partial charge on any atom is -0.444 e. The smallest absolute Gasteiger partial charge is 0.408 e. The summed E-state index contributed by atoms with van der Waals surface area (Å²) < 4.78 is 5.47. The second-order valence-electron chi connectivity index (χ2n) is 11.5. The molecule has 1 aliphatic heterocycles. The van der Waals surface area contributed by atoms with E-state index in [4.69, 9.17) is 4.74 Å². The van der Waals surface area contributed by atoms with Gasteiger partial charge in [-0.05, 0) is 57.9 Å². The van der Waals surface area contributed by atoms with Crippen molar-refractivity contribution in [1.29, 1.82) is 0 Å². The number of benzene rings is 1. The van der Waals surface area contributed by atoms with E-state index >= 15 is 0 Å². The standard InChI is InChI=1S/C28H40N2O4/c1-27(2,3)34-26(33)29-23(14-13-20-9-5-4-6-10-20)25(32)30-17-15-28(16-18-30)19-24(31)21-11-7-8-12-22(21)28/h7-8,11-12,20,23H,4-6,9-10,13-19H2,1-3H3,(H,29,33). The van der Waals surface area contributed by atoms with Gasteiger partial charge in [0.1, 0.15) is 11.6 Å². The second-order valence-corrected chi connectivity index (χ2v) is 11.5. The number of nitrogens with zero attached hydrogens (tertiary/aromatic N) is 1. The number of fused-ring (bicyclic) bond motifs is 2. The molecule has 2 amide bonds. The van der Waals surface area contributed by atoms with Crippen LogP contribution < -0.4 is 5.32 Å². The summed E-state index contributed by atoms with van der Waals surface area (Å²) in [6.07, 6.45) is 9.42. The number of Topliss-reactive ketones (excluding diaryl/α,β-unsaturated/α-hetero) is 1. The Balaban J connectivity index is 1.41. The van der Waals surface area contributed by atoms with Gasteiger partial charge >= 0.3 is 6.09 Å². The maximum atomic E-state index is 13.6. The van der Waals surface area contributed by atoms with E-state index in [1.54, 1.807) is 0 Å². The van der Waals surface area contributed by atoms with Crippen LogP contribution in [-0.4, -0.2) is 47.4 Å². The van der Waals surface area contributed by atoms with Gasteiger partial charge in [-0.3, -0.25) is 9.59 Å². The first kappa shape index (κ1) is 24.7. The Labute approximate surface area is 203 Å². The number of ketones is 1. The van der Waals surface area contributed by atoms with Gasteiger partial charge in [-0.2, -0.15) is 0 Å². The van der Waals surface area contributed by atoms with Crippen molar-refractivity contribution >= 4 is 17.8 Å². The summed E-state index contributed by atoms with van der Waals surface area (Å²) in [7, 11) is 0. The number of alkyl carbamates (subject to hydrolysis) is 1. The molecule has 0 radical (unpaired) electrons. The van der Waals surface area contributed by atoms with Crippen molar-refractivity contribution in [2.75, 3.05) is 13.1 Å². The van der Waals surface area contributed by atoms with Crippen molar-refractivity contribution in [3.63, 3.8) is 0 Å². The number of nitrogens with one attached hydrogen (secondary N) is 1. The van der Waals surface area contributed by atoms with Crippen LogP contribution in [0.4, 0.5) is 4.79 Å². The first-order valence-corrected chi connectivity index (χ1v) is 13.1. The Bertz CT molecular complexity index is 905. The van der Waals surface area contributed by atoms with E-state index in [2.05, 4.69) is 11.4 Å². The summed E-state index contributed by atoms with van der Waals surface area (Å²) in [5, 5.41) is 2.89. The monoisotopic (exact) mass is 468 g/mol. The number of piperidine rings is 1. The number of amides is 2. The largest absolute Gasteiger partial charge is 0.444 e. The summed E-state index contributed by atoms with van der Waals surface area (Å²) in [5.41, 5.74) is 1.23. The summed E-state index contributed by atoms with van der Waals surface area (Å²) in [6, 6.07) is 7.37. The first-order valence-electron chi connectivity index (χ1n) is 13.1. The minimum absolute atomic E-state index is 0.0193. The highest BCUT2D eigenvalue weighted by Crippen LogP contribution is 2.46. The van der Waals surface area contributed by atoms with Crippen LogP contribution in [0.2, 0.25) is 0 Å². The fraction of sp³-hybridized carbons (Fsp3) is 0.679. The highest BCUT2D eigenvalue weighted by Gasteiger charge is 2.46. The molecule has 4 rings (SSSR count). The van der Waals surface area contributed by atoms with Gasteiger partial charge < -0.3 is 15.0 Å². The molecule has 1 unspecified atom stereocenters. The summed E-state index contributed by atoms with van der Waals surface area (Å²) in [4.78, 5) is 40.6. The number of likely N-dealkylation sites (tertiary alicyclic amines) is 1. The summed E-state index contributed by atoms with van der Waals surface area (Å²) >= 11 is 0. The maximum absolute atomic E-state index is 13.6. The third-order valence-corrected chi connectivity index (χ3v) is 7.91. The van der Waals surface area contributed by atoms with Crippen LogP contribution in [0.5, 0.6) is 0 Å². The average Bonchev–Trinajstić information content (AvgIpc) is 3.07. The summed E-state index contributed by atoms with van der Waals surface area (Å²) in [5.74, 6) is 0.830. The van der Waals surface area contributed by atoms with E-state index in [0.29, 0.717) is 31.8 Å². The Morgan fingerprint density at radius 3 is 2.47 bits per heavy atom. The van der Waals surface area contributed by atoms with Crippen molar-refractivity contribution in [3.05, 3.63) is 35.4 Å². The highest BCUT2D eigenvalue weighted by molar-refractivity contribution is 6.02. The van der Waals surface area contributed by atoms with Crippen molar-refractivity contribution in [1.82, 2.24) is 10.2 Å². The van der Waals surface area contributed by atoms with E-state index in [0.717, 1.165) is 30.4 Å². The van der Waals surface area contributed by atoms with Crippen LogP contribution in [0.15, 0.2) is 24.3 Å². The maximum Gasteiger partial charge on any atom is 0.408 e. The molecule has 1 saturated carbocycles. The van der Waals surface area contributed by atoms with Gasteiger partial charge in [0.2, 0.25) is 5.91 Å². The zero-order chi connectivity index (χ0) is 24.3. The van der Waals surface area contributed by atoms with Crippen LogP contribution in [0, 0.1) is 5.92 Å². The first-order chi connectivity index (χ1) is 16.2. The number of carbonyl (C=O) groups is 3. The van der Waals surface area contributed by atoms with Gasteiger partial charge in [0.15, 0.2) is 5.78 Å². The molecule has 1 aromatic carbocycles. The number of hydrogen-bond acceptors (Lipinski definition) is 4. The second kappa shape index (κ2) is 10.1. The Kier molecular flexibility index (Phi) is 7.34. The third kappa shape index (κ3) is 5.64. The van der Waals surface area contributed by atoms with Gasteiger partial charge in [0.25, 0.3) is 0 Å². The Morgan fingerprint density at radius 1 is 1.12 bits per heavy atom. The van der Waals surface area contributed by atoms with Gasteiger partial charge in [0, 0.05) is 30.5 Å². The van der Waals surface area contributed by atoms with Gasteiger partial charge in [-0.25, -0.2) is 4.79 Å². The fourth-order valence-electron chi connectivity index (χ4n) is 6.09. The number of hydrogen-bond donors (Lipinski definition) is 1. The van der Waals surface area contributed by atoms with E-state index in [1.165, 1.54) is 32.1 Å². The molecule has 1 N–H and O–H groups in total. The fourth-order valence-corrected chi connectivity index (χ4v) is 6.09. The SMILES string of the molecule is CC(C)(C)OC(=O)NC(CCC1CCCCC1)C(=O)N1CCC2(CC1)CC(=O)c1ccccc12. The lowest BCUT2D eigenvalue weighted by molar-refractivity contribution is -0.135. The third-order valence-electron chi connectivity index (χ3n) is 7.91. The molecule has 1 atom stereocenters. The molecule has 1 spiro atoms. The molecule has 6 heteroatoms. The van der Waals surface area contributed by atoms with E-state index in [-0.39, 0.29) is 17.1 Å². The minimum atomic E-state index is -0.610. The number of ether oxygens (including phenoxy) is 1. The topological polar surface area (TPSA) is 75.7 Å². The highest BCUT2D eigenvalue weighted by atomic mass is 16.6. The van der Waals surface area contributed by atoms with Crippen LogP contribution in [-0.2, 0) is 14.9 Å². The molecule has 2 aliphatic carbocycles. The van der Waals surface area contributed by atoms with Crippen LogP contribution in [0.3, 0.4) is 0 Å². The lowest BCUT2D eigenvalue weighted by Crippen LogP contribution is -2.53. The Hall–Kier alpha value is -2.37. The quantitative estimate of drug-likeness (QED) is 0.629. The van der Waals surface area contributed by atoms with E-state index < -0.39 is 17.7 Å². The Morgan fingerprint density at radius 2 is 1.79 bits per heavy atom. The lowest BCUT2D eigenvalue weighted by atomic mass is 9.73. The zero-order valence-electron chi connectivity index (χ0n) is 21.0. The van der Waals surface area contributed by atoms with Crippen LogP contribution in [0.1, 0.15) is 101 Å². The molecule has 1 heterocycles. The molecular formula is C28H40N2O4. The number of carbonyl (C=O) groups excluding carboxylic acids is 3. The average molecular weight is 469 g/mol. The molecule has 0 bridgehead atoms. The molecule has 1 aromatic rings. The zero-order valence-corrected chi connectivity index (χ0v) is 21.0. The molecular weight excluding hydrogens is 428 g/mol. The molecule has 2 fully saturated rings. The van der Waals surface area contributed by atoms with Gasteiger partial charge in [-0.1, -0.05) is 56.4 Å². The van der Waals surface area contributed by atoms with Crippen molar-refractivity contribution in [2.45, 2.75) is 102 Å². The van der Waals surface area contributed by atoms with Crippen molar-refractivity contribution in [2.24, 2.45) is 5.92 Å². The number of rotatable bonds is 5. The molecule has 6 nitrogen and oxygen atoms in total. The van der Waals surface area contributed by atoms with Gasteiger partial charge in [0.05, 0.1) is 0 Å². The van der Waals surface area contributed by atoms with Crippen LogP contribution >= 0.6 is 0 Å². The van der Waals surface area contributed by atoms with Crippen molar-refractivity contribution in [3.8, 4) is 0 Å². The predicted molar refractivity (Wildman–Crippen MR) is 132 cm³/mol. The van der Waals surface area contributed by atoms with E-state index in [1.807, 2.05) is 43.9 Å². The van der Waals surface area contributed by atoms with E-state index in [9.17, 15) is 14.4 Å². The predicted octanol–water partition coefficient (Wildman–Crippen LogP) is 5.39. The van der Waals surface area contributed by atoms with Crippen LogP contribution in [0.25, 0.3) is 0 Å².